The molecule has 0 bridgehead atoms. The van der Waals surface area contributed by atoms with Gasteiger partial charge in [-0.05, 0) is 29.8 Å². The highest BCUT2D eigenvalue weighted by atomic mass is 35.5. The Balaban J connectivity index is 2.51. The van der Waals surface area contributed by atoms with E-state index in [2.05, 4.69) is 0 Å². The van der Waals surface area contributed by atoms with Crippen LogP contribution >= 0.6 is 23.2 Å². The second kappa shape index (κ2) is 6.35. The normalized spacial score (nSPS) is 12.1. The van der Waals surface area contributed by atoms with Gasteiger partial charge in [-0.3, -0.25) is 0 Å². The standard InChI is InChI=1S/C15H15Cl2NO2/c1-19-9-6-7-13(20-2)11(8-9)15(18)10-4-3-5-12(16)14(10)17/h3-8,15H,18H2,1-2H3. The lowest BCUT2D eigenvalue weighted by Gasteiger charge is -2.18. The quantitative estimate of drug-likeness (QED) is 0.926. The molecule has 0 aliphatic rings. The van der Waals surface area contributed by atoms with E-state index in [1.165, 1.54) is 0 Å². The van der Waals surface area contributed by atoms with Crippen LogP contribution in [-0.2, 0) is 0 Å². The van der Waals surface area contributed by atoms with Crippen molar-refractivity contribution < 1.29 is 9.47 Å². The van der Waals surface area contributed by atoms with Crippen LogP contribution in [0.1, 0.15) is 17.2 Å². The minimum atomic E-state index is -0.453. The summed E-state index contributed by atoms with van der Waals surface area (Å²) in [5.74, 6) is 1.38. The highest BCUT2D eigenvalue weighted by molar-refractivity contribution is 6.42. The largest absolute Gasteiger partial charge is 0.497 e. The van der Waals surface area contributed by atoms with E-state index in [0.29, 0.717) is 21.5 Å². The highest BCUT2D eigenvalue weighted by Crippen LogP contribution is 2.36. The predicted octanol–water partition coefficient (Wildman–Crippen LogP) is 4.06. The molecule has 0 saturated carbocycles. The van der Waals surface area contributed by atoms with Gasteiger partial charge in [0.05, 0.1) is 30.3 Å². The third kappa shape index (κ3) is 2.85. The molecule has 0 fully saturated rings. The lowest BCUT2D eigenvalue weighted by atomic mass is 9.98. The lowest BCUT2D eigenvalue weighted by Crippen LogP contribution is -2.14. The third-order valence-corrected chi connectivity index (χ3v) is 3.92. The fraction of sp³-hybridized carbons (Fsp3) is 0.200. The molecule has 2 aromatic carbocycles. The minimum absolute atomic E-state index is 0.450. The molecule has 0 spiro atoms. The zero-order valence-corrected chi connectivity index (χ0v) is 12.7. The van der Waals surface area contributed by atoms with Crippen LogP contribution in [0.25, 0.3) is 0 Å². The van der Waals surface area contributed by atoms with Crippen LogP contribution in [0.5, 0.6) is 11.5 Å². The second-order valence-corrected chi connectivity index (χ2v) is 5.01. The SMILES string of the molecule is COc1ccc(OC)c(C(N)c2cccc(Cl)c2Cl)c1. The summed E-state index contributed by atoms with van der Waals surface area (Å²) >= 11 is 12.3. The molecule has 1 atom stereocenters. The van der Waals surface area contributed by atoms with Crippen LogP contribution in [0.15, 0.2) is 36.4 Å². The summed E-state index contributed by atoms with van der Waals surface area (Å²) in [6.45, 7) is 0. The zero-order valence-electron chi connectivity index (χ0n) is 11.2. The Morgan fingerprint density at radius 1 is 1.00 bits per heavy atom. The monoisotopic (exact) mass is 311 g/mol. The third-order valence-electron chi connectivity index (χ3n) is 3.09. The van der Waals surface area contributed by atoms with Gasteiger partial charge in [-0.1, -0.05) is 35.3 Å². The van der Waals surface area contributed by atoms with Crippen molar-refractivity contribution in [2.75, 3.05) is 14.2 Å². The van der Waals surface area contributed by atoms with E-state index in [1.54, 1.807) is 20.3 Å². The summed E-state index contributed by atoms with van der Waals surface area (Å²) < 4.78 is 10.6. The predicted molar refractivity (Wildman–Crippen MR) is 82.0 cm³/mol. The second-order valence-electron chi connectivity index (χ2n) is 4.23. The van der Waals surface area contributed by atoms with Crippen molar-refractivity contribution in [3.8, 4) is 11.5 Å². The summed E-state index contributed by atoms with van der Waals surface area (Å²) in [5, 5.41) is 0.924. The number of ether oxygens (including phenoxy) is 2. The summed E-state index contributed by atoms with van der Waals surface area (Å²) in [4.78, 5) is 0. The van der Waals surface area contributed by atoms with Crippen LogP contribution in [0.2, 0.25) is 10.0 Å². The molecule has 3 nitrogen and oxygen atoms in total. The van der Waals surface area contributed by atoms with Gasteiger partial charge >= 0.3 is 0 Å². The number of hydrogen-bond donors (Lipinski definition) is 1. The molecule has 106 valence electrons. The molecule has 0 aliphatic heterocycles. The molecule has 0 saturated heterocycles. The van der Waals surface area contributed by atoms with Crippen molar-refractivity contribution in [3.63, 3.8) is 0 Å². The smallest absolute Gasteiger partial charge is 0.124 e. The summed E-state index contributed by atoms with van der Waals surface area (Å²) in [6.07, 6.45) is 0. The van der Waals surface area contributed by atoms with E-state index in [1.807, 2.05) is 30.3 Å². The molecular weight excluding hydrogens is 297 g/mol. The van der Waals surface area contributed by atoms with Gasteiger partial charge in [-0.2, -0.15) is 0 Å². The average Bonchev–Trinajstić information content (AvgIpc) is 2.48. The van der Waals surface area contributed by atoms with Crippen LogP contribution in [0, 0.1) is 0 Å². The molecule has 20 heavy (non-hydrogen) atoms. The Morgan fingerprint density at radius 3 is 2.40 bits per heavy atom. The first-order valence-electron chi connectivity index (χ1n) is 6.00. The number of rotatable bonds is 4. The Labute approximate surface area is 128 Å². The summed E-state index contributed by atoms with van der Waals surface area (Å²) in [5.41, 5.74) is 7.84. The molecule has 0 amide bonds. The molecule has 5 heteroatoms. The molecule has 0 heterocycles. The van der Waals surface area contributed by atoms with Crippen molar-refractivity contribution in [1.29, 1.82) is 0 Å². The molecule has 0 aliphatic carbocycles. The number of halogens is 2. The molecule has 2 N–H and O–H groups in total. The van der Waals surface area contributed by atoms with Crippen LogP contribution in [-0.4, -0.2) is 14.2 Å². The fourth-order valence-electron chi connectivity index (χ4n) is 2.01. The highest BCUT2D eigenvalue weighted by Gasteiger charge is 2.18. The molecular formula is C15H15Cl2NO2. The van der Waals surface area contributed by atoms with Gasteiger partial charge in [0, 0.05) is 5.56 Å². The maximum atomic E-state index is 6.31. The van der Waals surface area contributed by atoms with Crippen molar-refractivity contribution in [2.24, 2.45) is 5.73 Å². The van der Waals surface area contributed by atoms with Crippen molar-refractivity contribution >= 4 is 23.2 Å². The Kier molecular flexibility index (Phi) is 4.76. The van der Waals surface area contributed by atoms with E-state index < -0.39 is 6.04 Å². The molecule has 2 rings (SSSR count). The topological polar surface area (TPSA) is 44.5 Å². The Hall–Kier alpha value is -1.42. The number of hydrogen-bond acceptors (Lipinski definition) is 3. The van der Waals surface area contributed by atoms with Crippen molar-refractivity contribution in [1.82, 2.24) is 0 Å². The Bertz CT molecular complexity index is 617. The first-order chi connectivity index (χ1) is 9.58. The number of nitrogens with two attached hydrogens (primary N) is 1. The maximum absolute atomic E-state index is 6.31. The van der Waals surface area contributed by atoms with Crippen LogP contribution in [0.3, 0.4) is 0 Å². The van der Waals surface area contributed by atoms with Gasteiger partial charge in [0.25, 0.3) is 0 Å². The first kappa shape index (κ1) is 15.0. The molecule has 2 aromatic rings. The Morgan fingerprint density at radius 2 is 1.75 bits per heavy atom. The maximum Gasteiger partial charge on any atom is 0.124 e. The average molecular weight is 312 g/mol. The van der Waals surface area contributed by atoms with Crippen molar-refractivity contribution in [3.05, 3.63) is 57.6 Å². The summed E-state index contributed by atoms with van der Waals surface area (Å²) in [7, 11) is 3.20. The van der Waals surface area contributed by atoms with E-state index in [0.717, 1.165) is 11.1 Å². The van der Waals surface area contributed by atoms with E-state index >= 15 is 0 Å². The van der Waals surface area contributed by atoms with Gasteiger partial charge in [-0.15, -0.1) is 0 Å². The van der Waals surface area contributed by atoms with E-state index in [9.17, 15) is 0 Å². The van der Waals surface area contributed by atoms with Crippen molar-refractivity contribution in [2.45, 2.75) is 6.04 Å². The van der Waals surface area contributed by atoms with Gasteiger partial charge in [-0.25, -0.2) is 0 Å². The lowest BCUT2D eigenvalue weighted by molar-refractivity contribution is 0.397. The van der Waals surface area contributed by atoms with E-state index in [-0.39, 0.29) is 0 Å². The molecule has 0 radical (unpaired) electrons. The molecule has 1 unspecified atom stereocenters. The minimum Gasteiger partial charge on any atom is -0.497 e. The van der Waals surface area contributed by atoms with Gasteiger partial charge in [0.2, 0.25) is 0 Å². The van der Waals surface area contributed by atoms with E-state index in [4.69, 9.17) is 38.4 Å². The van der Waals surface area contributed by atoms with Gasteiger partial charge in [0.15, 0.2) is 0 Å². The first-order valence-corrected chi connectivity index (χ1v) is 6.75. The fourth-order valence-corrected chi connectivity index (χ4v) is 2.44. The van der Waals surface area contributed by atoms with Gasteiger partial charge in [0.1, 0.15) is 11.5 Å². The number of benzene rings is 2. The van der Waals surface area contributed by atoms with Crippen LogP contribution in [0.4, 0.5) is 0 Å². The number of methoxy groups -OCH3 is 2. The van der Waals surface area contributed by atoms with Gasteiger partial charge < -0.3 is 15.2 Å². The summed E-state index contributed by atoms with van der Waals surface area (Å²) in [6, 6.07) is 10.4. The molecule has 0 aromatic heterocycles. The zero-order chi connectivity index (χ0) is 14.7. The van der Waals surface area contributed by atoms with Crippen LogP contribution < -0.4 is 15.2 Å².